The molecule has 43 heavy (non-hydrogen) atoms. The molecule has 4 aromatic rings. The highest BCUT2D eigenvalue weighted by Gasteiger charge is 2.35. The first kappa shape index (κ1) is 31.7. The fourth-order valence-corrected chi connectivity index (χ4v) is 7.64. The third-order valence-electron chi connectivity index (χ3n) is 6.09. The molecule has 10 nitrogen and oxygen atoms in total. The molecule has 0 bridgehead atoms. The van der Waals surface area contributed by atoms with Crippen LogP contribution in [0.25, 0.3) is 0 Å². The van der Waals surface area contributed by atoms with Gasteiger partial charge in [0.25, 0.3) is 0 Å². The number of rotatable bonds is 16. The number of hydrogen-bond acceptors (Lipinski definition) is 10. The molecule has 12 heteroatoms. The van der Waals surface area contributed by atoms with E-state index in [4.69, 9.17) is 37.0 Å². The van der Waals surface area contributed by atoms with E-state index in [9.17, 15) is 9.13 Å². The minimum atomic E-state index is -3.97. The highest BCUT2D eigenvalue weighted by atomic mass is 31.2. The van der Waals surface area contributed by atoms with Crippen LogP contribution in [0.5, 0.6) is 46.0 Å². The molecule has 0 atom stereocenters. The maximum atomic E-state index is 14.3. The molecular weight excluding hydrogens is 594 g/mol. The summed E-state index contributed by atoms with van der Waals surface area (Å²) in [5.74, 6) is 2.38. The second kappa shape index (κ2) is 14.8. The van der Waals surface area contributed by atoms with Crippen LogP contribution in [0, 0.1) is 0 Å². The fourth-order valence-electron chi connectivity index (χ4n) is 4.05. The van der Waals surface area contributed by atoms with E-state index in [1.165, 1.54) is 28.4 Å². The molecule has 0 N–H and O–H groups in total. The molecule has 0 radical (unpaired) electrons. The van der Waals surface area contributed by atoms with Gasteiger partial charge in [-0.05, 0) is 55.0 Å². The van der Waals surface area contributed by atoms with Crippen LogP contribution in [0.1, 0.15) is 6.42 Å². The Morgan fingerprint density at radius 3 is 0.814 bits per heavy atom. The molecule has 0 aliphatic rings. The van der Waals surface area contributed by atoms with E-state index in [0.29, 0.717) is 23.0 Å². The van der Waals surface area contributed by atoms with E-state index >= 15 is 0 Å². The van der Waals surface area contributed by atoms with Gasteiger partial charge in [0.1, 0.15) is 0 Å². The summed E-state index contributed by atoms with van der Waals surface area (Å²) < 4.78 is 74.2. The van der Waals surface area contributed by atoms with Crippen LogP contribution in [-0.4, -0.2) is 40.8 Å². The van der Waals surface area contributed by atoms with Crippen molar-refractivity contribution in [3.05, 3.63) is 97.1 Å². The van der Waals surface area contributed by atoms with Crippen molar-refractivity contribution in [1.29, 1.82) is 0 Å². The van der Waals surface area contributed by atoms with Crippen molar-refractivity contribution in [2.45, 2.75) is 6.42 Å². The fraction of sp³-hybridized carbons (Fsp3) is 0.226. The van der Waals surface area contributed by atoms with Gasteiger partial charge in [0, 0.05) is 0 Å². The van der Waals surface area contributed by atoms with E-state index in [0.717, 1.165) is 0 Å². The molecule has 0 unspecified atom stereocenters. The van der Waals surface area contributed by atoms with Gasteiger partial charge in [-0.25, -0.2) is 9.13 Å². The van der Waals surface area contributed by atoms with Crippen LogP contribution in [0.4, 0.5) is 0 Å². The highest BCUT2D eigenvalue weighted by Crippen LogP contribution is 2.56. The molecule has 4 rings (SSSR count). The van der Waals surface area contributed by atoms with Gasteiger partial charge in [-0.3, -0.25) is 0 Å². The third kappa shape index (κ3) is 8.40. The van der Waals surface area contributed by atoms with E-state index in [1.807, 2.05) is 0 Å². The molecule has 0 saturated heterocycles. The van der Waals surface area contributed by atoms with Crippen LogP contribution in [0.2, 0.25) is 0 Å². The van der Waals surface area contributed by atoms with Gasteiger partial charge < -0.3 is 37.0 Å². The van der Waals surface area contributed by atoms with Gasteiger partial charge >= 0.3 is 15.2 Å². The Bertz CT molecular complexity index is 1370. The summed E-state index contributed by atoms with van der Waals surface area (Å²) in [6.07, 6.45) is -0.252. The van der Waals surface area contributed by atoms with E-state index < -0.39 is 15.2 Å². The zero-order valence-electron chi connectivity index (χ0n) is 24.3. The zero-order chi connectivity index (χ0) is 30.7. The number of hydrogen-bond donors (Lipinski definition) is 0. The Morgan fingerprint density at radius 1 is 0.395 bits per heavy atom. The van der Waals surface area contributed by atoms with E-state index in [2.05, 4.69) is 0 Å². The van der Waals surface area contributed by atoms with Crippen molar-refractivity contribution < 1.29 is 46.2 Å². The van der Waals surface area contributed by atoms with Gasteiger partial charge in [-0.1, -0.05) is 48.5 Å². The van der Waals surface area contributed by atoms with Gasteiger partial charge in [0.15, 0.2) is 46.0 Å². The van der Waals surface area contributed by atoms with Crippen molar-refractivity contribution in [2.24, 2.45) is 0 Å². The summed E-state index contributed by atoms with van der Waals surface area (Å²) in [5, 5.41) is 0. The summed E-state index contributed by atoms with van der Waals surface area (Å²) in [5.41, 5.74) is 0. The van der Waals surface area contributed by atoms with Crippen molar-refractivity contribution in [3.8, 4) is 46.0 Å². The summed E-state index contributed by atoms with van der Waals surface area (Å²) in [6, 6.07) is 27.2. The van der Waals surface area contributed by atoms with Crippen molar-refractivity contribution in [1.82, 2.24) is 0 Å². The van der Waals surface area contributed by atoms with E-state index in [-0.39, 0.29) is 41.7 Å². The molecule has 228 valence electrons. The Labute approximate surface area is 251 Å². The minimum absolute atomic E-state index is 0.0587. The largest absolute Gasteiger partial charge is 0.493 e. The molecule has 0 amide bonds. The van der Waals surface area contributed by atoms with Crippen LogP contribution in [-0.2, 0) is 9.13 Å². The van der Waals surface area contributed by atoms with Crippen molar-refractivity contribution in [2.75, 3.05) is 40.8 Å². The topological polar surface area (TPSA) is 108 Å². The smallest absolute Gasteiger partial charge is 0.430 e. The summed E-state index contributed by atoms with van der Waals surface area (Å²) in [6.45, 7) is 0. The van der Waals surface area contributed by atoms with Gasteiger partial charge in [-0.2, -0.15) is 0 Å². The standard InChI is InChI=1S/C31H34O10P2/c1-34-24-14-5-9-18-28(24)38-42(32,39-29-19-10-6-15-25(29)35-2)22-13-23-43(33,40-30-20-11-7-16-26(30)36-3)41-31-21-12-8-17-27(31)37-4/h5-12,14-21H,13,22-23H2,1-4H3. The van der Waals surface area contributed by atoms with Gasteiger partial charge in [0.2, 0.25) is 0 Å². The predicted molar refractivity (Wildman–Crippen MR) is 164 cm³/mol. The maximum Gasteiger partial charge on any atom is 0.430 e. The first-order valence-corrected chi connectivity index (χ1v) is 16.8. The number of para-hydroxylation sites is 8. The average Bonchev–Trinajstić information content (AvgIpc) is 3.02. The Kier molecular flexibility index (Phi) is 10.9. The lowest BCUT2D eigenvalue weighted by Crippen LogP contribution is -2.11. The molecule has 4 aromatic carbocycles. The highest BCUT2D eigenvalue weighted by molar-refractivity contribution is 7.55. The lowest BCUT2D eigenvalue weighted by atomic mass is 10.3. The first-order chi connectivity index (χ1) is 20.8. The molecule has 0 fully saturated rings. The normalized spacial score (nSPS) is 11.3. The van der Waals surface area contributed by atoms with Crippen LogP contribution in [0.15, 0.2) is 97.1 Å². The van der Waals surface area contributed by atoms with Crippen molar-refractivity contribution >= 4 is 15.2 Å². The molecule has 0 spiro atoms. The number of ether oxygens (including phenoxy) is 4. The van der Waals surface area contributed by atoms with Crippen LogP contribution < -0.4 is 37.0 Å². The van der Waals surface area contributed by atoms with Gasteiger partial charge in [0.05, 0.1) is 40.8 Å². The Morgan fingerprint density at radius 2 is 0.605 bits per heavy atom. The Hall–Kier alpha value is -4.26. The van der Waals surface area contributed by atoms with Gasteiger partial charge in [-0.15, -0.1) is 0 Å². The molecule has 0 aliphatic heterocycles. The lowest BCUT2D eigenvalue weighted by molar-refractivity contribution is 0.342. The molecule has 0 aliphatic carbocycles. The monoisotopic (exact) mass is 628 g/mol. The SMILES string of the molecule is COc1ccccc1OP(=O)(CCCP(=O)(Oc1ccccc1OC)Oc1ccccc1OC)Oc1ccccc1OC. The maximum absolute atomic E-state index is 14.3. The summed E-state index contributed by atoms with van der Waals surface area (Å²) >= 11 is 0. The lowest BCUT2D eigenvalue weighted by Gasteiger charge is -2.24. The summed E-state index contributed by atoms with van der Waals surface area (Å²) in [7, 11) is -2.01. The molecule has 0 heterocycles. The predicted octanol–water partition coefficient (Wildman–Crippen LogP) is 8.11. The van der Waals surface area contributed by atoms with E-state index in [1.54, 1.807) is 97.1 Å². The average molecular weight is 629 g/mol. The first-order valence-electron chi connectivity index (χ1n) is 13.3. The van der Waals surface area contributed by atoms with Crippen LogP contribution in [0.3, 0.4) is 0 Å². The second-order valence-electron chi connectivity index (χ2n) is 8.99. The number of benzene rings is 4. The van der Waals surface area contributed by atoms with Crippen LogP contribution >= 0.6 is 15.2 Å². The Balaban J connectivity index is 1.63. The summed E-state index contributed by atoms with van der Waals surface area (Å²) in [4.78, 5) is 0. The third-order valence-corrected chi connectivity index (χ3v) is 9.72. The van der Waals surface area contributed by atoms with Crippen molar-refractivity contribution in [3.63, 3.8) is 0 Å². The molecular formula is C31H34O10P2. The molecule has 0 saturated carbocycles. The second-order valence-corrected chi connectivity index (χ2v) is 13.1. The number of methoxy groups -OCH3 is 4. The minimum Gasteiger partial charge on any atom is -0.493 e. The zero-order valence-corrected chi connectivity index (χ0v) is 26.1. The quantitative estimate of drug-likeness (QED) is 0.113. The molecule has 0 aromatic heterocycles.